The lowest BCUT2D eigenvalue weighted by Gasteiger charge is -2.07. The number of benzene rings is 2. The zero-order chi connectivity index (χ0) is 13.0. The van der Waals surface area contributed by atoms with Gasteiger partial charge in [-0.1, -0.05) is 39.7 Å². The predicted molar refractivity (Wildman–Crippen MR) is 74.6 cm³/mol. The Kier molecular flexibility index (Phi) is 4.24. The summed E-state index contributed by atoms with van der Waals surface area (Å²) in [6.45, 7) is 0.460. The van der Waals surface area contributed by atoms with E-state index in [1.165, 1.54) is 0 Å². The van der Waals surface area contributed by atoms with Gasteiger partial charge >= 0.3 is 0 Å². The zero-order valence-electron chi connectivity index (χ0n) is 9.36. The van der Waals surface area contributed by atoms with Crippen LogP contribution in [0.1, 0.15) is 11.1 Å². The lowest BCUT2D eigenvalue weighted by atomic mass is 10.2. The van der Waals surface area contributed by atoms with Gasteiger partial charge in [0, 0.05) is 10.5 Å². The third-order valence-corrected chi connectivity index (χ3v) is 3.16. The molecule has 0 radical (unpaired) electrons. The Morgan fingerprint density at radius 2 is 2.06 bits per heavy atom. The first-order chi connectivity index (χ1) is 8.69. The average molecular weight is 323 g/mol. The highest BCUT2D eigenvalue weighted by Crippen LogP contribution is 2.23. The Hall–Kier alpha value is -1.50. The molecule has 0 atom stereocenters. The molecule has 2 aromatic rings. The molecule has 0 aliphatic heterocycles. The van der Waals surface area contributed by atoms with E-state index in [2.05, 4.69) is 15.9 Å². The molecule has 2 aromatic carbocycles. The van der Waals surface area contributed by atoms with Crippen LogP contribution in [0.3, 0.4) is 0 Å². The number of ether oxygens (including phenoxy) is 1. The second-order valence-electron chi connectivity index (χ2n) is 3.67. The molecule has 0 fully saturated rings. The molecule has 0 aliphatic rings. The molecule has 0 aromatic heterocycles. The van der Waals surface area contributed by atoms with Gasteiger partial charge < -0.3 is 4.74 Å². The van der Waals surface area contributed by atoms with Crippen LogP contribution in [0.4, 0.5) is 0 Å². The molecule has 0 spiro atoms. The van der Waals surface area contributed by atoms with E-state index in [9.17, 15) is 0 Å². The molecule has 2 rings (SSSR count). The van der Waals surface area contributed by atoms with E-state index in [0.717, 1.165) is 10.0 Å². The maximum Gasteiger partial charge on any atom is 0.121 e. The lowest BCUT2D eigenvalue weighted by Crippen LogP contribution is -1.95. The van der Waals surface area contributed by atoms with Crippen molar-refractivity contribution >= 4 is 27.5 Å². The van der Waals surface area contributed by atoms with Crippen LogP contribution >= 0.6 is 27.5 Å². The number of nitrogens with zero attached hydrogens (tertiary/aromatic N) is 1. The first-order valence-corrected chi connectivity index (χ1v) is 6.43. The molecule has 18 heavy (non-hydrogen) atoms. The van der Waals surface area contributed by atoms with Crippen LogP contribution in [-0.4, -0.2) is 0 Å². The van der Waals surface area contributed by atoms with Gasteiger partial charge in [0.25, 0.3) is 0 Å². The summed E-state index contributed by atoms with van der Waals surface area (Å²) >= 11 is 9.33. The lowest BCUT2D eigenvalue weighted by molar-refractivity contribution is 0.306. The van der Waals surface area contributed by atoms with Crippen molar-refractivity contribution in [3.8, 4) is 11.8 Å². The first kappa shape index (κ1) is 12.9. The highest BCUT2D eigenvalue weighted by Gasteiger charge is 2.02. The van der Waals surface area contributed by atoms with Crippen molar-refractivity contribution in [1.82, 2.24) is 0 Å². The van der Waals surface area contributed by atoms with Crippen LogP contribution in [-0.2, 0) is 6.61 Å². The summed E-state index contributed by atoms with van der Waals surface area (Å²) in [7, 11) is 0. The van der Waals surface area contributed by atoms with Gasteiger partial charge in [-0.15, -0.1) is 0 Å². The number of nitriles is 1. The number of rotatable bonds is 3. The van der Waals surface area contributed by atoms with E-state index < -0.39 is 0 Å². The van der Waals surface area contributed by atoms with Crippen LogP contribution in [0.5, 0.6) is 5.75 Å². The van der Waals surface area contributed by atoms with Crippen LogP contribution in [0.25, 0.3) is 0 Å². The summed E-state index contributed by atoms with van der Waals surface area (Å²) in [5.74, 6) is 0.652. The van der Waals surface area contributed by atoms with Gasteiger partial charge in [0.05, 0.1) is 10.6 Å². The Morgan fingerprint density at radius 3 is 2.72 bits per heavy atom. The molecule has 0 N–H and O–H groups in total. The van der Waals surface area contributed by atoms with Crippen molar-refractivity contribution < 1.29 is 4.74 Å². The van der Waals surface area contributed by atoms with Crippen molar-refractivity contribution in [2.75, 3.05) is 0 Å². The molecule has 0 saturated heterocycles. The SMILES string of the molecule is N#Cc1ccc(OCc2cccc(Br)c2)cc1Cl. The van der Waals surface area contributed by atoms with Crippen molar-refractivity contribution in [3.63, 3.8) is 0 Å². The van der Waals surface area contributed by atoms with Crippen LogP contribution in [0.2, 0.25) is 5.02 Å². The van der Waals surface area contributed by atoms with Gasteiger partial charge in [-0.2, -0.15) is 5.26 Å². The van der Waals surface area contributed by atoms with Gasteiger partial charge in [-0.05, 0) is 29.8 Å². The third kappa shape index (κ3) is 3.25. The van der Waals surface area contributed by atoms with Crippen molar-refractivity contribution in [3.05, 3.63) is 63.1 Å². The standard InChI is InChI=1S/C14H9BrClNO/c15-12-3-1-2-10(6-12)9-18-13-5-4-11(8-17)14(16)7-13/h1-7H,9H2. The van der Waals surface area contributed by atoms with Crippen molar-refractivity contribution in [2.24, 2.45) is 0 Å². The minimum atomic E-state index is 0.407. The summed E-state index contributed by atoms with van der Waals surface area (Å²) in [5.41, 5.74) is 1.51. The largest absolute Gasteiger partial charge is 0.489 e. The van der Waals surface area contributed by atoms with E-state index >= 15 is 0 Å². The quantitative estimate of drug-likeness (QED) is 0.830. The molecule has 0 amide bonds. The second kappa shape index (κ2) is 5.90. The van der Waals surface area contributed by atoms with Crippen LogP contribution in [0.15, 0.2) is 46.9 Å². The predicted octanol–water partition coefficient (Wildman–Crippen LogP) is 4.55. The van der Waals surface area contributed by atoms with Crippen molar-refractivity contribution in [1.29, 1.82) is 5.26 Å². The molecular weight excluding hydrogens is 314 g/mol. The normalized spacial score (nSPS) is 9.83. The monoisotopic (exact) mass is 321 g/mol. The zero-order valence-corrected chi connectivity index (χ0v) is 11.7. The fourth-order valence-electron chi connectivity index (χ4n) is 1.47. The molecule has 0 unspecified atom stereocenters. The summed E-state index contributed by atoms with van der Waals surface area (Å²) in [6.07, 6.45) is 0. The number of hydrogen-bond acceptors (Lipinski definition) is 2. The fraction of sp³-hybridized carbons (Fsp3) is 0.0714. The summed E-state index contributed by atoms with van der Waals surface area (Å²) in [4.78, 5) is 0. The molecule has 0 heterocycles. The molecule has 0 saturated carbocycles. The van der Waals surface area contributed by atoms with Gasteiger partial charge in [0.2, 0.25) is 0 Å². The maximum atomic E-state index is 8.77. The Morgan fingerprint density at radius 1 is 1.22 bits per heavy atom. The highest BCUT2D eigenvalue weighted by molar-refractivity contribution is 9.10. The first-order valence-electron chi connectivity index (χ1n) is 5.26. The molecule has 0 bridgehead atoms. The topological polar surface area (TPSA) is 33.0 Å². The highest BCUT2D eigenvalue weighted by atomic mass is 79.9. The maximum absolute atomic E-state index is 8.77. The molecule has 2 nitrogen and oxygen atoms in total. The second-order valence-corrected chi connectivity index (χ2v) is 4.99. The van der Waals surface area contributed by atoms with Gasteiger partial charge in [0.15, 0.2) is 0 Å². The van der Waals surface area contributed by atoms with E-state index in [4.69, 9.17) is 21.6 Å². The van der Waals surface area contributed by atoms with E-state index in [0.29, 0.717) is 22.9 Å². The van der Waals surface area contributed by atoms with Gasteiger partial charge in [-0.25, -0.2) is 0 Å². The molecule has 4 heteroatoms. The van der Waals surface area contributed by atoms with E-state index in [1.807, 2.05) is 30.3 Å². The number of hydrogen-bond donors (Lipinski definition) is 0. The smallest absolute Gasteiger partial charge is 0.121 e. The Bertz CT molecular complexity index is 607. The third-order valence-electron chi connectivity index (χ3n) is 2.36. The average Bonchev–Trinajstić information content (AvgIpc) is 2.37. The van der Waals surface area contributed by atoms with Gasteiger partial charge in [-0.3, -0.25) is 0 Å². The molecular formula is C14H9BrClNO. The van der Waals surface area contributed by atoms with Crippen LogP contribution < -0.4 is 4.74 Å². The summed E-state index contributed by atoms with van der Waals surface area (Å²) in [6, 6.07) is 14.9. The van der Waals surface area contributed by atoms with Gasteiger partial charge in [0.1, 0.15) is 18.4 Å². The minimum Gasteiger partial charge on any atom is -0.489 e. The van der Waals surface area contributed by atoms with E-state index in [1.54, 1.807) is 18.2 Å². The minimum absolute atomic E-state index is 0.407. The molecule has 0 aliphatic carbocycles. The number of halogens is 2. The summed E-state index contributed by atoms with van der Waals surface area (Å²) in [5, 5.41) is 9.17. The van der Waals surface area contributed by atoms with Crippen LogP contribution in [0, 0.1) is 11.3 Å². The summed E-state index contributed by atoms with van der Waals surface area (Å²) < 4.78 is 6.63. The molecule has 90 valence electrons. The Balaban J connectivity index is 2.07. The Labute approximate surface area is 119 Å². The van der Waals surface area contributed by atoms with E-state index in [-0.39, 0.29) is 0 Å². The fourth-order valence-corrected chi connectivity index (χ4v) is 2.13. The van der Waals surface area contributed by atoms with Crippen molar-refractivity contribution in [2.45, 2.75) is 6.61 Å².